The van der Waals surface area contributed by atoms with Gasteiger partial charge in [-0.25, -0.2) is 4.39 Å². The van der Waals surface area contributed by atoms with Gasteiger partial charge in [0.1, 0.15) is 5.82 Å². The Morgan fingerprint density at radius 2 is 1.78 bits per heavy atom. The molecule has 1 N–H and O–H groups in total. The predicted octanol–water partition coefficient (Wildman–Crippen LogP) is 3.35. The van der Waals surface area contributed by atoms with E-state index in [1.54, 1.807) is 12.1 Å². The number of hydrogen-bond donors (Lipinski definition) is 1. The van der Waals surface area contributed by atoms with Crippen molar-refractivity contribution in [3.63, 3.8) is 0 Å². The summed E-state index contributed by atoms with van der Waals surface area (Å²) in [5.41, 5.74) is 0.578. The Labute approximate surface area is 113 Å². The quantitative estimate of drug-likeness (QED) is 0.851. The van der Waals surface area contributed by atoms with Crippen LogP contribution in [-0.2, 0) is 0 Å². The minimum Gasteiger partial charge on any atom is -0.307 e. The summed E-state index contributed by atoms with van der Waals surface area (Å²) in [7, 11) is 0. The molecule has 0 amide bonds. The van der Waals surface area contributed by atoms with Crippen LogP contribution >= 0.6 is 12.4 Å². The highest BCUT2D eigenvalue weighted by atomic mass is 35.5. The molecule has 100 valence electrons. The molecule has 1 aromatic rings. The second kappa shape index (κ2) is 7.49. The topological polar surface area (TPSA) is 29.1 Å². The average molecular weight is 272 g/mol. The van der Waals surface area contributed by atoms with Gasteiger partial charge in [0, 0.05) is 11.6 Å². The molecule has 0 radical (unpaired) electrons. The SMILES string of the molecule is Cl.O=C(CNC1CCCCC1)c1ccc(F)cc1. The fourth-order valence-corrected chi connectivity index (χ4v) is 2.28. The Morgan fingerprint density at radius 1 is 1.17 bits per heavy atom. The van der Waals surface area contributed by atoms with Crippen LogP contribution in [0.25, 0.3) is 0 Å². The van der Waals surface area contributed by atoms with E-state index in [4.69, 9.17) is 0 Å². The molecule has 2 rings (SSSR count). The highest BCUT2D eigenvalue weighted by Crippen LogP contribution is 2.17. The maximum Gasteiger partial charge on any atom is 0.176 e. The third-order valence-electron chi connectivity index (χ3n) is 3.32. The number of benzene rings is 1. The molecule has 1 aliphatic rings. The fourth-order valence-electron chi connectivity index (χ4n) is 2.28. The zero-order valence-electron chi connectivity index (χ0n) is 10.3. The number of rotatable bonds is 4. The van der Waals surface area contributed by atoms with Crippen molar-refractivity contribution in [1.29, 1.82) is 0 Å². The largest absolute Gasteiger partial charge is 0.307 e. The molecule has 2 nitrogen and oxygen atoms in total. The molecule has 0 bridgehead atoms. The molecule has 1 fully saturated rings. The Hall–Kier alpha value is -0.930. The van der Waals surface area contributed by atoms with Gasteiger partial charge in [-0.05, 0) is 37.1 Å². The van der Waals surface area contributed by atoms with Crippen LogP contribution in [0.1, 0.15) is 42.5 Å². The highest BCUT2D eigenvalue weighted by molar-refractivity contribution is 5.97. The summed E-state index contributed by atoms with van der Waals surface area (Å²) < 4.78 is 12.7. The molecule has 1 saturated carbocycles. The molecule has 0 spiro atoms. The molecular weight excluding hydrogens is 253 g/mol. The van der Waals surface area contributed by atoms with Crippen molar-refractivity contribution >= 4 is 18.2 Å². The van der Waals surface area contributed by atoms with Crippen LogP contribution < -0.4 is 5.32 Å². The van der Waals surface area contributed by atoms with Gasteiger partial charge in [0.2, 0.25) is 0 Å². The fraction of sp³-hybridized carbons (Fsp3) is 0.500. The van der Waals surface area contributed by atoms with E-state index in [-0.39, 0.29) is 24.0 Å². The summed E-state index contributed by atoms with van der Waals surface area (Å²) in [6.07, 6.45) is 6.14. The second-order valence-electron chi connectivity index (χ2n) is 4.65. The number of carbonyl (C=O) groups excluding carboxylic acids is 1. The molecule has 1 aliphatic carbocycles. The zero-order valence-corrected chi connectivity index (χ0v) is 11.1. The first-order valence-electron chi connectivity index (χ1n) is 6.28. The lowest BCUT2D eigenvalue weighted by molar-refractivity contribution is 0.0984. The lowest BCUT2D eigenvalue weighted by Crippen LogP contribution is -2.35. The number of halogens is 2. The first-order valence-corrected chi connectivity index (χ1v) is 6.28. The lowest BCUT2D eigenvalue weighted by Gasteiger charge is -2.22. The van der Waals surface area contributed by atoms with E-state index in [0.717, 1.165) is 12.8 Å². The summed E-state index contributed by atoms with van der Waals surface area (Å²) in [4.78, 5) is 11.8. The van der Waals surface area contributed by atoms with Gasteiger partial charge < -0.3 is 5.32 Å². The molecule has 1 aromatic carbocycles. The maximum atomic E-state index is 12.7. The van der Waals surface area contributed by atoms with Crippen LogP contribution in [0.4, 0.5) is 4.39 Å². The van der Waals surface area contributed by atoms with E-state index in [0.29, 0.717) is 18.2 Å². The Morgan fingerprint density at radius 3 is 2.39 bits per heavy atom. The standard InChI is InChI=1S/C14H18FNO.ClH/c15-12-8-6-11(7-9-12)14(17)10-16-13-4-2-1-3-5-13;/h6-9,13,16H,1-5,10H2;1H. The number of nitrogens with one attached hydrogen (secondary N) is 1. The maximum absolute atomic E-state index is 12.7. The smallest absolute Gasteiger partial charge is 0.176 e. The van der Waals surface area contributed by atoms with Gasteiger partial charge in [0.05, 0.1) is 6.54 Å². The Balaban J connectivity index is 0.00000162. The van der Waals surface area contributed by atoms with E-state index in [2.05, 4.69) is 5.32 Å². The monoisotopic (exact) mass is 271 g/mol. The van der Waals surface area contributed by atoms with E-state index in [9.17, 15) is 9.18 Å². The first kappa shape index (κ1) is 15.1. The molecule has 0 unspecified atom stereocenters. The molecule has 0 heterocycles. The Kier molecular flexibility index (Phi) is 6.30. The van der Waals surface area contributed by atoms with Gasteiger partial charge in [-0.1, -0.05) is 19.3 Å². The van der Waals surface area contributed by atoms with Crippen molar-refractivity contribution in [2.24, 2.45) is 0 Å². The third-order valence-corrected chi connectivity index (χ3v) is 3.32. The lowest BCUT2D eigenvalue weighted by atomic mass is 9.95. The minimum atomic E-state index is -0.304. The van der Waals surface area contributed by atoms with Gasteiger partial charge in [0.15, 0.2) is 5.78 Å². The molecule has 0 atom stereocenters. The van der Waals surface area contributed by atoms with Crippen molar-refractivity contribution in [3.05, 3.63) is 35.6 Å². The molecule has 0 aromatic heterocycles. The first-order chi connectivity index (χ1) is 8.25. The molecular formula is C14H19ClFNO. The van der Waals surface area contributed by atoms with Crippen LogP contribution in [0, 0.1) is 5.82 Å². The highest BCUT2D eigenvalue weighted by Gasteiger charge is 2.14. The third kappa shape index (κ3) is 4.39. The van der Waals surface area contributed by atoms with Crippen LogP contribution in [0.15, 0.2) is 24.3 Å². The summed E-state index contributed by atoms with van der Waals surface area (Å²) in [5.74, 6) is -0.266. The van der Waals surface area contributed by atoms with Gasteiger partial charge in [-0.2, -0.15) is 0 Å². The van der Waals surface area contributed by atoms with Gasteiger partial charge >= 0.3 is 0 Å². The number of carbonyl (C=O) groups is 1. The molecule has 4 heteroatoms. The summed E-state index contributed by atoms with van der Waals surface area (Å²) in [5, 5.41) is 3.29. The van der Waals surface area contributed by atoms with Crippen LogP contribution in [-0.4, -0.2) is 18.4 Å². The van der Waals surface area contributed by atoms with Gasteiger partial charge in [-0.3, -0.25) is 4.79 Å². The van der Waals surface area contributed by atoms with Crippen LogP contribution in [0.2, 0.25) is 0 Å². The van der Waals surface area contributed by atoms with Gasteiger partial charge in [-0.15, -0.1) is 12.4 Å². The Bertz CT molecular complexity index is 374. The molecule has 0 aliphatic heterocycles. The van der Waals surface area contributed by atoms with Crippen LogP contribution in [0.3, 0.4) is 0 Å². The number of Topliss-reactive ketones (excluding diaryl/α,β-unsaturated/α-hetero) is 1. The normalized spacial score (nSPS) is 16.1. The van der Waals surface area contributed by atoms with Crippen molar-refractivity contribution in [3.8, 4) is 0 Å². The number of ketones is 1. The average Bonchev–Trinajstić information content (AvgIpc) is 2.38. The van der Waals surface area contributed by atoms with Crippen molar-refractivity contribution in [2.75, 3.05) is 6.54 Å². The minimum absolute atomic E-state index is 0. The van der Waals surface area contributed by atoms with E-state index >= 15 is 0 Å². The zero-order chi connectivity index (χ0) is 12.1. The van der Waals surface area contributed by atoms with Crippen molar-refractivity contribution in [1.82, 2.24) is 5.32 Å². The predicted molar refractivity (Wildman–Crippen MR) is 72.9 cm³/mol. The summed E-state index contributed by atoms with van der Waals surface area (Å²) in [6.45, 7) is 0.357. The van der Waals surface area contributed by atoms with Gasteiger partial charge in [0.25, 0.3) is 0 Å². The number of hydrogen-bond acceptors (Lipinski definition) is 2. The molecule has 0 saturated heterocycles. The second-order valence-corrected chi connectivity index (χ2v) is 4.65. The van der Waals surface area contributed by atoms with E-state index in [1.165, 1.54) is 31.4 Å². The summed E-state index contributed by atoms with van der Waals surface area (Å²) >= 11 is 0. The molecule has 18 heavy (non-hydrogen) atoms. The summed E-state index contributed by atoms with van der Waals surface area (Å²) in [6, 6.07) is 6.22. The van der Waals surface area contributed by atoms with E-state index in [1.807, 2.05) is 0 Å². The van der Waals surface area contributed by atoms with Crippen molar-refractivity contribution in [2.45, 2.75) is 38.1 Å². The van der Waals surface area contributed by atoms with E-state index < -0.39 is 0 Å². The van der Waals surface area contributed by atoms with Crippen molar-refractivity contribution < 1.29 is 9.18 Å². The van der Waals surface area contributed by atoms with Crippen LogP contribution in [0.5, 0.6) is 0 Å².